The molecule has 0 atom stereocenters. The summed E-state index contributed by atoms with van der Waals surface area (Å²) in [5.41, 5.74) is 1.80. The molecule has 6 nitrogen and oxygen atoms in total. The molecule has 2 heterocycles. The van der Waals surface area contributed by atoms with Crippen LogP contribution < -0.4 is 14.8 Å². The molecule has 1 aliphatic heterocycles. The number of hydrogen-bond acceptors (Lipinski definition) is 6. The molecule has 0 aliphatic carbocycles. The van der Waals surface area contributed by atoms with E-state index in [1.54, 1.807) is 47.9 Å². The van der Waals surface area contributed by atoms with Gasteiger partial charge in [0.05, 0.1) is 13.7 Å². The Hall–Kier alpha value is -3.20. The molecule has 162 valence electrons. The third kappa shape index (κ3) is 4.67. The van der Waals surface area contributed by atoms with Gasteiger partial charge >= 0.3 is 5.97 Å². The summed E-state index contributed by atoms with van der Waals surface area (Å²) in [5.74, 6) is -0.0699. The largest absolute Gasteiger partial charge is 0.493 e. The minimum Gasteiger partial charge on any atom is -0.493 e. The van der Waals surface area contributed by atoms with Gasteiger partial charge in [-0.25, -0.2) is 4.79 Å². The number of nitrogens with zero attached hydrogens (tertiary/aromatic N) is 1. The normalized spacial score (nSPS) is 14.6. The Kier molecular flexibility index (Phi) is 6.55. The molecule has 1 saturated heterocycles. The van der Waals surface area contributed by atoms with Gasteiger partial charge in [0.15, 0.2) is 16.6 Å². The number of ether oxygens (including phenoxy) is 2. The van der Waals surface area contributed by atoms with Gasteiger partial charge in [0, 0.05) is 5.02 Å². The van der Waals surface area contributed by atoms with Crippen LogP contribution in [0.25, 0.3) is 6.08 Å². The lowest BCUT2D eigenvalue weighted by molar-refractivity contribution is -0.122. The highest BCUT2D eigenvalue weighted by molar-refractivity contribution is 7.80. The number of thiophene rings is 1. The maximum Gasteiger partial charge on any atom is 0.353 e. The summed E-state index contributed by atoms with van der Waals surface area (Å²) < 4.78 is 10.8. The van der Waals surface area contributed by atoms with Crippen LogP contribution in [0.4, 0.5) is 0 Å². The maximum absolute atomic E-state index is 12.9. The van der Waals surface area contributed by atoms with Crippen LogP contribution in [0.2, 0.25) is 5.02 Å². The first-order valence-electron chi connectivity index (χ1n) is 9.48. The second kappa shape index (κ2) is 9.52. The number of halogens is 1. The molecule has 0 spiro atoms. The van der Waals surface area contributed by atoms with Gasteiger partial charge in [0.1, 0.15) is 10.6 Å². The average molecular weight is 485 g/mol. The summed E-state index contributed by atoms with van der Waals surface area (Å²) in [6.07, 6.45) is 1.66. The van der Waals surface area contributed by atoms with Gasteiger partial charge in [-0.1, -0.05) is 41.9 Å². The molecule has 0 unspecified atom stereocenters. The van der Waals surface area contributed by atoms with Crippen molar-refractivity contribution in [2.24, 2.45) is 0 Å². The van der Waals surface area contributed by atoms with Crippen molar-refractivity contribution >= 4 is 58.2 Å². The van der Waals surface area contributed by atoms with E-state index in [0.717, 1.165) is 5.56 Å². The fraction of sp³-hybridized carbons (Fsp3) is 0.0870. The van der Waals surface area contributed by atoms with Crippen LogP contribution in [0, 0.1) is 0 Å². The van der Waals surface area contributed by atoms with Gasteiger partial charge in [-0.3, -0.25) is 9.69 Å². The van der Waals surface area contributed by atoms with E-state index in [-0.39, 0.29) is 18.2 Å². The van der Waals surface area contributed by atoms with Crippen LogP contribution in [-0.2, 0) is 11.3 Å². The van der Waals surface area contributed by atoms with Gasteiger partial charge in [0.2, 0.25) is 0 Å². The number of carbonyl (C=O) groups excluding carboxylic acids is 2. The molecular formula is C23H17ClN2O4S2. The molecule has 1 aromatic heterocycles. The molecular weight excluding hydrogens is 468 g/mol. The monoisotopic (exact) mass is 484 g/mol. The summed E-state index contributed by atoms with van der Waals surface area (Å²) in [4.78, 5) is 27.1. The van der Waals surface area contributed by atoms with E-state index in [9.17, 15) is 9.59 Å². The minimum atomic E-state index is -0.461. The van der Waals surface area contributed by atoms with E-state index in [4.69, 9.17) is 33.3 Å². The molecule has 1 N–H and O–H groups in total. The van der Waals surface area contributed by atoms with Crippen molar-refractivity contribution in [2.75, 3.05) is 7.11 Å². The number of amides is 1. The van der Waals surface area contributed by atoms with Crippen LogP contribution in [0.15, 0.2) is 65.7 Å². The molecule has 0 radical (unpaired) electrons. The Labute approximate surface area is 199 Å². The summed E-state index contributed by atoms with van der Waals surface area (Å²) in [5, 5.41) is 5.61. The zero-order valence-electron chi connectivity index (χ0n) is 16.8. The van der Waals surface area contributed by atoms with Crippen LogP contribution in [0.3, 0.4) is 0 Å². The highest BCUT2D eigenvalue weighted by atomic mass is 35.5. The number of methoxy groups -OCH3 is 1. The maximum atomic E-state index is 12.9. The predicted molar refractivity (Wildman–Crippen MR) is 128 cm³/mol. The quantitative estimate of drug-likeness (QED) is 0.232. The summed E-state index contributed by atoms with van der Waals surface area (Å²) in [6.45, 7) is 0.266. The molecule has 9 heteroatoms. The van der Waals surface area contributed by atoms with E-state index in [1.165, 1.54) is 23.3 Å². The fourth-order valence-electron chi connectivity index (χ4n) is 3.08. The molecule has 32 heavy (non-hydrogen) atoms. The Morgan fingerprint density at radius 2 is 2.00 bits per heavy atom. The van der Waals surface area contributed by atoms with Crippen molar-refractivity contribution in [1.29, 1.82) is 0 Å². The number of hydrogen-bond donors (Lipinski definition) is 1. The standard InChI is InChI=1S/C23H17ClN2O4S2/c1-29-19-12-14(8-9-18(19)30-22(28)20-7-4-10-32-20)11-17-21(27)26(23(31)25-17)13-15-5-2-3-6-16(15)24/h2-12H,13H2,1H3,(H,25,31)/b17-11-. The highest BCUT2D eigenvalue weighted by Gasteiger charge is 2.31. The number of nitrogens with one attached hydrogen (secondary N) is 1. The lowest BCUT2D eigenvalue weighted by atomic mass is 10.1. The van der Waals surface area contributed by atoms with Crippen molar-refractivity contribution < 1.29 is 19.1 Å². The van der Waals surface area contributed by atoms with E-state index >= 15 is 0 Å². The predicted octanol–water partition coefficient (Wildman–Crippen LogP) is 4.89. The van der Waals surface area contributed by atoms with Crippen molar-refractivity contribution in [3.8, 4) is 11.5 Å². The Balaban J connectivity index is 1.53. The summed E-state index contributed by atoms with van der Waals surface area (Å²) in [6, 6.07) is 15.8. The van der Waals surface area contributed by atoms with Crippen molar-refractivity contribution in [1.82, 2.24) is 10.2 Å². The number of thiocarbonyl (C=S) groups is 1. The van der Waals surface area contributed by atoms with Crippen LogP contribution >= 0.6 is 35.2 Å². The Morgan fingerprint density at radius 1 is 1.19 bits per heavy atom. The van der Waals surface area contributed by atoms with Gasteiger partial charge < -0.3 is 14.8 Å². The molecule has 1 fully saturated rings. The van der Waals surface area contributed by atoms with Gasteiger partial charge in [-0.15, -0.1) is 11.3 Å². The topological polar surface area (TPSA) is 67.9 Å². The number of rotatable bonds is 6. The Morgan fingerprint density at radius 3 is 2.72 bits per heavy atom. The second-order valence-electron chi connectivity index (χ2n) is 6.75. The lowest BCUT2D eigenvalue weighted by Crippen LogP contribution is -2.30. The van der Waals surface area contributed by atoms with Crippen molar-refractivity contribution in [2.45, 2.75) is 6.54 Å². The second-order valence-corrected chi connectivity index (χ2v) is 8.49. The van der Waals surface area contributed by atoms with E-state index < -0.39 is 5.97 Å². The smallest absolute Gasteiger partial charge is 0.353 e. The van der Waals surface area contributed by atoms with Crippen LogP contribution in [0.1, 0.15) is 20.8 Å². The number of benzene rings is 2. The molecule has 2 aromatic carbocycles. The zero-order valence-corrected chi connectivity index (χ0v) is 19.2. The molecule has 1 aliphatic rings. The summed E-state index contributed by atoms with van der Waals surface area (Å²) in [7, 11) is 1.48. The zero-order chi connectivity index (χ0) is 22.7. The molecule has 0 bridgehead atoms. The summed E-state index contributed by atoms with van der Waals surface area (Å²) >= 11 is 12.8. The number of carbonyl (C=O) groups is 2. The van der Waals surface area contributed by atoms with E-state index in [1.807, 2.05) is 18.2 Å². The average Bonchev–Trinajstić information content (AvgIpc) is 3.41. The first-order valence-corrected chi connectivity index (χ1v) is 11.1. The molecule has 1 amide bonds. The third-order valence-electron chi connectivity index (χ3n) is 4.67. The van der Waals surface area contributed by atoms with Crippen LogP contribution in [-0.4, -0.2) is 29.0 Å². The number of esters is 1. The molecule has 4 rings (SSSR count). The highest BCUT2D eigenvalue weighted by Crippen LogP contribution is 2.30. The lowest BCUT2D eigenvalue weighted by Gasteiger charge is -2.14. The SMILES string of the molecule is COc1cc(/C=C2\NC(=S)N(Cc3ccccc3Cl)C2=O)ccc1OC(=O)c1cccs1. The molecule has 3 aromatic rings. The van der Waals surface area contributed by atoms with Gasteiger partial charge in [-0.2, -0.15) is 0 Å². The van der Waals surface area contributed by atoms with E-state index in [0.29, 0.717) is 32.0 Å². The van der Waals surface area contributed by atoms with Crippen LogP contribution in [0.5, 0.6) is 11.5 Å². The third-order valence-corrected chi connectivity index (χ3v) is 6.21. The van der Waals surface area contributed by atoms with Crippen molar-refractivity contribution in [3.05, 3.63) is 86.7 Å². The van der Waals surface area contributed by atoms with E-state index in [2.05, 4.69) is 5.32 Å². The Bertz CT molecular complexity index is 1220. The first kappa shape index (κ1) is 22.0. The first-order chi connectivity index (χ1) is 15.5. The van der Waals surface area contributed by atoms with Gasteiger partial charge in [-0.05, 0) is 59.1 Å². The van der Waals surface area contributed by atoms with Crippen molar-refractivity contribution in [3.63, 3.8) is 0 Å². The van der Waals surface area contributed by atoms with Gasteiger partial charge in [0.25, 0.3) is 5.91 Å². The minimum absolute atomic E-state index is 0.262. The fourth-order valence-corrected chi connectivity index (χ4v) is 4.13. The molecule has 0 saturated carbocycles.